The molecule has 2 aromatic carbocycles. The highest BCUT2D eigenvalue weighted by atomic mass is 16.5. The molecule has 6 heteroatoms. The van der Waals surface area contributed by atoms with Crippen LogP contribution < -0.4 is 21.5 Å². The van der Waals surface area contributed by atoms with E-state index in [0.717, 1.165) is 22.4 Å². The Labute approximate surface area is 141 Å². The first-order valence-corrected chi connectivity index (χ1v) is 7.57. The highest BCUT2D eigenvalue weighted by Gasteiger charge is 2.01. The second-order valence-corrected chi connectivity index (χ2v) is 5.61. The molecular weight excluding hydrogens is 304 g/mol. The minimum Gasteiger partial charge on any atom is -0.484 e. The Kier molecular flexibility index (Phi) is 5.78. The Bertz CT molecular complexity index is 736. The average molecular weight is 326 g/mol. The van der Waals surface area contributed by atoms with Crippen molar-refractivity contribution in [1.29, 1.82) is 0 Å². The summed E-state index contributed by atoms with van der Waals surface area (Å²) in [5, 5.41) is 3.08. The highest BCUT2D eigenvalue weighted by Crippen LogP contribution is 2.15. The summed E-state index contributed by atoms with van der Waals surface area (Å²) in [6.45, 7) is 4.31. The normalized spacial score (nSPS) is 11.2. The van der Waals surface area contributed by atoms with Crippen molar-refractivity contribution in [3.8, 4) is 5.75 Å². The first-order valence-electron chi connectivity index (χ1n) is 7.57. The predicted molar refractivity (Wildman–Crippen MR) is 96.0 cm³/mol. The van der Waals surface area contributed by atoms with E-state index < -0.39 is 5.91 Å². The second kappa shape index (κ2) is 8.01. The molecule has 0 heterocycles. The highest BCUT2D eigenvalue weighted by molar-refractivity contribution is 5.92. The van der Waals surface area contributed by atoms with Crippen LogP contribution in [0.4, 0.5) is 5.69 Å². The fourth-order valence-electron chi connectivity index (χ4n) is 2.30. The van der Waals surface area contributed by atoms with Crippen molar-refractivity contribution < 1.29 is 9.53 Å². The van der Waals surface area contributed by atoms with Gasteiger partial charge in [0.1, 0.15) is 5.75 Å². The fraction of sp³-hybridized carbons (Fsp3) is 0.222. The van der Waals surface area contributed by atoms with E-state index in [1.165, 1.54) is 0 Å². The van der Waals surface area contributed by atoms with E-state index in [4.69, 9.17) is 16.2 Å². The molecule has 2 aromatic rings. The molecule has 2 rings (SSSR count). The van der Waals surface area contributed by atoms with E-state index >= 15 is 0 Å². The van der Waals surface area contributed by atoms with Gasteiger partial charge in [0.05, 0.1) is 6.54 Å². The summed E-state index contributed by atoms with van der Waals surface area (Å²) in [4.78, 5) is 15.1. The fourth-order valence-corrected chi connectivity index (χ4v) is 2.30. The van der Waals surface area contributed by atoms with Crippen molar-refractivity contribution in [3.63, 3.8) is 0 Å². The van der Waals surface area contributed by atoms with E-state index in [-0.39, 0.29) is 6.61 Å². The van der Waals surface area contributed by atoms with Gasteiger partial charge in [-0.1, -0.05) is 18.2 Å². The van der Waals surface area contributed by atoms with Crippen LogP contribution in [-0.4, -0.2) is 18.5 Å². The Balaban J connectivity index is 1.99. The van der Waals surface area contributed by atoms with Crippen molar-refractivity contribution in [2.75, 3.05) is 11.9 Å². The largest absolute Gasteiger partial charge is 0.484 e. The second-order valence-electron chi connectivity index (χ2n) is 5.61. The summed E-state index contributed by atoms with van der Waals surface area (Å²) in [5.41, 5.74) is 15.1. The van der Waals surface area contributed by atoms with Crippen molar-refractivity contribution >= 4 is 17.6 Å². The first kappa shape index (κ1) is 17.3. The van der Waals surface area contributed by atoms with Crippen LogP contribution in [0.1, 0.15) is 16.7 Å². The Morgan fingerprint density at radius 1 is 1.12 bits per heavy atom. The lowest BCUT2D eigenvalue weighted by molar-refractivity contribution is -0.119. The third-order valence-electron chi connectivity index (χ3n) is 3.21. The molecule has 0 fully saturated rings. The SMILES string of the molecule is Cc1cc(C)cc(NC(N)=NCc2cccc(OCC(N)=O)c2)c1. The van der Waals surface area contributed by atoms with Gasteiger partial charge in [-0.25, -0.2) is 4.99 Å². The number of anilines is 1. The molecule has 0 aliphatic rings. The maximum absolute atomic E-state index is 10.7. The molecular formula is C18H22N4O2. The molecule has 0 aliphatic carbocycles. The minimum atomic E-state index is -0.514. The van der Waals surface area contributed by atoms with Crippen LogP contribution in [0.3, 0.4) is 0 Å². The molecule has 24 heavy (non-hydrogen) atoms. The quantitative estimate of drug-likeness (QED) is 0.558. The number of aliphatic imine (C=N–C) groups is 1. The molecule has 0 atom stereocenters. The van der Waals surface area contributed by atoms with Crippen LogP contribution in [0.15, 0.2) is 47.5 Å². The third kappa shape index (κ3) is 5.64. The molecule has 0 aromatic heterocycles. The number of primary amides is 1. The van der Waals surface area contributed by atoms with Crippen LogP contribution >= 0.6 is 0 Å². The lowest BCUT2D eigenvalue weighted by atomic mass is 10.1. The van der Waals surface area contributed by atoms with Gasteiger partial charge < -0.3 is 21.5 Å². The lowest BCUT2D eigenvalue weighted by Gasteiger charge is -2.08. The molecule has 0 saturated carbocycles. The number of rotatable bonds is 6. The molecule has 1 amide bonds. The first-order chi connectivity index (χ1) is 11.4. The van der Waals surface area contributed by atoms with Crippen LogP contribution in [0.25, 0.3) is 0 Å². The van der Waals surface area contributed by atoms with Crippen LogP contribution in [0.5, 0.6) is 5.75 Å². The number of guanidine groups is 1. The van der Waals surface area contributed by atoms with E-state index in [0.29, 0.717) is 18.3 Å². The maximum atomic E-state index is 10.7. The Morgan fingerprint density at radius 3 is 2.50 bits per heavy atom. The topological polar surface area (TPSA) is 103 Å². The monoisotopic (exact) mass is 326 g/mol. The van der Waals surface area contributed by atoms with Gasteiger partial charge in [0.2, 0.25) is 0 Å². The number of hydrogen-bond donors (Lipinski definition) is 3. The molecule has 0 unspecified atom stereocenters. The van der Waals surface area contributed by atoms with Crippen LogP contribution in [0.2, 0.25) is 0 Å². The molecule has 126 valence electrons. The zero-order chi connectivity index (χ0) is 17.5. The Hall–Kier alpha value is -3.02. The summed E-state index contributed by atoms with van der Waals surface area (Å²) < 4.78 is 5.27. The zero-order valence-electron chi connectivity index (χ0n) is 13.9. The number of benzene rings is 2. The van der Waals surface area contributed by atoms with Gasteiger partial charge in [-0.3, -0.25) is 4.79 Å². The summed E-state index contributed by atoms with van der Waals surface area (Å²) >= 11 is 0. The summed E-state index contributed by atoms with van der Waals surface area (Å²) in [7, 11) is 0. The predicted octanol–water partition coefficient (Wildman–Crippen LogP) is 2.09. The summed E-state index contributed by atoms with van der Waals surface area (Å²) in [5.74, 6) is 0.395. The lowest BCUT2D eigenvalue weighted by Crippen LogP contribution is -2.22. The number of nitrogens with two attached hydrogens (primary N) is 2. The van der Waals surface area contributed by atoms with Gasteiger partial charge in [-0.15, -0.1) is 0 Å². The van der Waals surface area contributed by atoms with Gasteiger partial charge in [0.15, 0.2) is 12.6 Å². The van der Waals surface area contributed by atoms with Crippen LogP contribution in [-0.2, 0) is 11.3 Å². The smallest absolute Gasteiger partial charge is 0.255 e. The van der Waals surface area contributed by atoms with Gasteiger partial charge in [-0.2, -0.15) is 0 Å². The van der Waals surface area contributed by atoms with Gasteiger partial charge in [-0.05, 0) is 54.8 Å². The molecule has 0 spiro atoms. The Morgan fingerprint density at radius 2 is 1.83 bits per heavy atom. The molecule has 6 nitrogen and oxygen atoms in total. The number of carbonyl (C=O) groups excluding carboxylic acids is 1. The van der Waals surface area contributed by atoms with Crippen molar-refractivity contribution in [2.45, 2.75) is 20.4 Å². The minimum absolute atomic E-state index is 0.150. The molecule has 0 bridgehead atoms. The van der Waals surface area contributed by atoms with Crippen molar-refractivity contribution in [2.24, 2.45) is 16.5 Å². The van der Waals surface area contributed by atoms with Gasteiger partial charge >= 0.3 is 0 Å². The number of amides is 1. The standard InChI is InChI=1S/C18H22N4O2/c1-12-6-13(2)8-15(7-12)22-18(20)21-10-14-4-3-5-16(9-14)24-11-17(19)23/h3-9H,10-11H2,1-2H3,(H2,19,23)(H3,20,21,22). The van der Waals surface area contributed by atoms with Gasteiger partial charge in [0, 0.05) is 5.69 Å². The van der Waals surface area contributed by atoms with Crippen molar-refractivity contribution in [1.82, 2.24) is 0 Å². The van der Waals surface area contributed by atoms with E-state index in [1.807, 2.05) is 38.1 Å². The van der Waals surface area contributed by atoms with Gasteiger partial charge in [0.25, 0.3) is 5.91 Å². The number of aryl methyl sites for hydroxylation is 2. The number of carbonyl (C=O) groups is 1. The molecule has 0 radical (unpaired) electrons. The van der Waals surface area contributed by atoms with E-state index in [9.17, 15) is 4.79 Å². The number of nitrogens with zero attached hydrogens (tertiary/aromatic N) is 1. The van der Waals surface area contributed by atoms with Crippen molar-refractivity contribution in [3.05, 3.63) is 59.2 Å². The molecule has 0 aliphatic heterocycles. The zero-order valence-corrected chi connectivity index (χ0v) is 13.9. The van der Waals surface area contributed by atoms with E-state index in [2.05, 4.69) is 16.4 Å². The number of hydrogen-bond acceptors (Lipinski definition) is 3. The van der Waals surface area contributed by atoms with Crippen LogP contribution in [0, 0.1) is 13.8 Å². The maximum Gasteiger partial charge on any atom is 0.255 e. The molecule has 5 N–H and O–H groups in total. The average Bonchev–Trinajstić information content (AvgIpc) is 2.50. The summed E-state index contributed by atoms with van der Waals surface area (Å²) in [6.07, 6.45) is 0. The summed E-state index contributed by atoms with van der Waals surface area (Å²) in [6, 6.07) is 13.4. The third-order valence-corrected chi connectivity index (χ3v) is 3.21. The number of ether oxygens (including phenoxy) is 1. The number of nitrogens with one attached hydrogen (secondary N) is 1. The molecule has 0 saturated heterocycles. The van der Waals surface area contributed by atoms with E-state index in [1.54, 1.807) is 12.1 Å².